The van der Waals surface area contributed by atoms with E-state index in [1.807, 2.05) is 19.1 Å². The lowest BCUT2D eigenvalue weighted by Gasteiger charge is -2.27. The number of unbranched alkanes of at least 4 members (excludes halogenated alkanes) is 5. The van der Waals surface area contributed by atoms with Crippen LogP contribution in [0.15, 0.2) is 12.1 Å². The molecule has 0 spiro atoms. The molecule has 0 aromatic heterocycles. The number of benzene rings is 1. The number of phenols is 1. The summed E-state index contributed by atoms with van der Waals surface area (Å²) in [5.74, 6) is -0.0468. The van der Waals surface area contributed by atoms with E-state index in [0.29, 0.717) is 0 Å². The fourth-order valence-electron chi connectivity index (χ4n) is 3.25. The Hall–Kier alpha value is -1.51. The number of hydrogen-bond acceptors (Lipinski definition) is 3. The molecule has 3 heteroatoms. The Bertz CT molecular complexity index is 632. The molecule has 0 fully saturated rings. The quantitative estimate of drug-likeness (QED) is 0.274. The first kappa shape index (κ1) is 24.5. The predicted molar refractivity (Wildman–Crippen MR) is 118 cm³/mol. The van der Waals surface area contributed by atoms with Gasteiger partial charge in [0.15, 0.2) is 11.5 Å². The highest BCUT2D eigenvalue weighted by Crippen LogP contribution is 2.41. The van der Waals surface area contributed by atoms with E-state index >= 15 is 0 Å². The maximum absolute atomic E-state index is 12.6. The fourth-order valence-corrected chi connectivity index (χ4v) is 3.25. The van der Waals surface area contributed by atoms with Gasteiger partial charge in [0.2, 0.25) is 0 Å². The van der Waals surface area contributed by atoms with Gasteiger partial charge in [-0.2, -0.15) is 0 Å². The summed E-state index contributed by atoms with van der Waals surface area (Å²) in [4.78, 5) is 12.6. The maximum atomic E-state index is 12.6. The second kappa shape index (κ2) is 10.3. The van der Waals surface area contributed by atoms with Crippen LogP contribution in [0.3, 0.4) is 0 Å². The molecule has 3 nitrogen and oxygen atoms in total. The number of hydrogen-bond donors (Lipinski definition) is 1. The molecule has 1 N–H and O–H groups in total. The number of esters is 1. The molecular weight excluding hydrogens is 348 g/mol. The molecule has 160 valence electrons. The van der Waals surface area contributed by atoms with E-state index in [1.165, 1.54) is 25.7 Å². The van der Waals surface area contributed by atoms with Gasteiger partial charge in [-0.1, -0.05) is 100.0 Å². The summed E-state index contributed by atoms with van der Waals surface area (Å²) in [6.07, 6.45) is 8.08. The van der Waals surface area contributed by atoms with Crippen LogP contribution in [0.5, 0.6) is 11.5 Å². The van der Waals surface area contributed by atoms with Gasteiger partial charge in [-0.05, 0) is 28.9 Å². The van der Waals surface area contributed by atoms with Crippen LogP contribution in [0, 0.1) is 5.92 Å². The number of phenolic OH excluding ortho intramolecular Hbond substituents is 1. The summed E-state index contributed by atoms with van der Waals surface area (Å²) in [5.41, 5.74) is 1.53. The first-order chi connectivity index (χ1) is 12.9. The minimum Gasteiger partial charge on any atom is -0.504 e. The zero-order valence-corrected chi connectivity index (χ0v) is 19.4. The van der Waals surface area contributed by atoms with Gasteiger partial charge in [0.25, 0.3) is 0 Å². The lowest BCUT2D eigenvalue weighted by molar-refractivity contribution is -0.138. The number of carbonyl (C=O) groups is 1. The van der Waals surface area contributed by atoms with Crippen molar-refractivity contribution in [1.82, 2.24) is 0 Å². The second-order valence-corrected chi connectivity index (χ2v) is 10.2. The third kappa shape index (κ3) is 7.48. The van der Waals surface area contributed by atoms with Crippen molar-refractivity contribution in [3.05, 3.63) is 23.3 Å². The molecule has 28 heavy (non-hydrogen) atoms. The highest BCUT2D eigenvalue weighted by Gasteiger charge is 2.27. The Morgan fingerprint density at radius 3 is 2.07 bits per heavy atom. The van der Waals surface area contributed by atoms with Gasteiger partial charge in [-0.25, -0.2) is 0 Å². The Labute approximate surface area is 172 Å². The van der Waals surface area contributed by atoms with E-state index in [9.17, 15) is 9.90 Å². The van der Waals surface area contributed by atoms with E-state index < -0.39 is 0 Å². The first-order valence-electron chi connectivity index (χ1n) is 11.0. The molecule has 0 aliphatic carbocycles. The van der Waals surface area contributed by atoms with Gasteiger partial charge < -0.3 is 9.84 Å². The van der Waals surface area contributed by atoms with E-state index in [-0.39, 0.29) is 34.2 Å². The van der Waals surface area contributed by atoms with Crippen molar-refractivity contribution in [2.24, 2.45) is 5.92 Å². The third-order valence-corrected chi connectivity index (χ3v) is 5.35. The summed E-state index contributed by atoms with van der Waals surface area (Å²) < 4.78 is 5.69. The topological polar surface area (TPSA) is 46.5 Å². The minimum absolute atomic E-state index is 0.0839. The monoisotopic (exact) mass is 390 g/mol. The number of aromatic hydroxyl groups is 1. The second-order valence-electron chi connectivity index (χ2n) is 10.2. The van der Waals surface area contributed by atoms with Crippen molar-refractivity contribution in [3.8, 4) is 11.5 Å². The van der Waals surface area contributed by atoms with Crippen molar-refractivity contribution in [1.29, 1.82) is 0 Å². The van der Waals surface area contributed by atoms with Crippen molar-refractivity contribution in [2.75, 3.05) is 0 Å². The highest BCUT2D eigenvalue weighted by atomic mass is 16.5. The molecule has 1 unspecified atom stereocenters. The van der Waals surface area contributed by atoms with Crippen LogP contribution in [0.1, 0.15) is 111 Å². The predicted octanol–water partition coefficient (Wildman–Crippen LogP) is 7.28. The van der Waals surface area contributed by atoms with Crippen molar-refractivity contribution < 1.29 is 14.6 Å². The maximum Gasteiger partial charge on any atom is 0.314 e. The summed E-state index contributed by atoms with van der Waals surface area (Å²) in [6.45, 7) is 16.7. The van der Waals surface area contributed by atoms with E-state index in [0.717, 1.165) is 30.4 Å². The molecular formula is C25H42O3. The van der Waals surface area contributed by atoms with Crippen molar-refractivity contribution >= 4 is 5.97 Å². The van der Waals surface area contributed by atoms with E-state index in [1.54, 1.807) is 0 Å². The Balaban J connectivity index is 2.87. The molecule has 1 rings (SSSR count). The zero-order chi connectivity index (χ0) is 21.5. The molecule has 0 bridgehead atoms. The smallest absolute Gasteiger partial charge is 0.314 e. The van der Waals surface area contributed by atoms with Crippen molar-refractivity contribution in [3.63, 3.8) is 0 Å². The standard InChI is InChI=1S/C25H42O3/c1-9-10-11-12-13-14-15-18(2)23(27)28-21-17-19(24(3,4)5)16-20(22(21)26)25(6,7)8/h16-18,26H,9-15H2,1-8H3. The van der Waals surface area contributed by atoms with Crippen LogP contribution in [-0.2, 0) is 15.6 Å². The molecule has 0 heterocycles. The molecule has 0 aliphatic heterocycles. The van der Waals surface area contributed by atoms with Crippen LogP contribution in [-0.4, -0.2) is 11.1 Å². The molecule has 1 aromatic rings. The normalized spacial score (nSPS) is 13.4. The molecule has 1 atom stereocenters. The van der Waals surface area contributed by atoms with Gasteiger partial charge >= 0.3 is 5.97 Å². The van der Waals surface area contributed by atoms with Gasteiger partial charge in [-0.15, -0.1) is 0 Å². The third-order valence-electron chi connectivity index (χ3n) is 5.35. The lowest BCUT2D eigenvalue weighted by Crippen LogP contribution is -2.20. The lowest BCUT2D eigenvalue weighted by atomic mass is 9.80. The SMILES string of the molecule is CCCCCCCCC(C)C(=O)Oc1cc(C(C)(C)C)cc(C(C)(C)C)c1O. The number of ether oxygens (including phenoxy) is 1. The van der Waals surface area contributed by atoms with E-state index in [2.05, 4.69) is 48.5 Å². The van der Waals surface area contributed by atoms with Gasteiger partial charge in [0.05, 0.1) is 5.92 Å². The summed E-state index contributed by atoms with van der Waals surface area (Å²) in [6, 6.07) is 3.85. The highest BCUT2D eigenvalue weighted by molar-refractivity contribution is 5.76. The summed E-state index contributed by atoms with van der Waals surface area (Å²) in [5, 5.41) is 10.8. The number of rotatable bonds is 9. The Morgan fingerprint density at radius 2 is 1.54 bits per heavy atom. The van der Waals surface area contributed by atoms with Crippen LogP contribution in [0.4, 0.5) is 0 Å². The zero-order valence-electron chi connectivity index (χ0n) is 19.4. The van der Waals surface area contributed by atoms with Crippen LogP contribution >= 0.6 is 0 Å². The molecule has 0 saturated carbocycles. The first-order valence-corrected chi connectivity index (χ1v) is 11.0. The number of carbonyl (C=O) groups excluding carboxylic acids is 1. The summed E-state index contributed by atoms with van der Waals surface area (Å²) >= 11 is 0. The molecule has 0 saturated heterocycles. The van der Waals surface area contributed by atoms with Crippen LogP contribution < -0.4 is 4.74 Å². The average Bonchev–Trinajstić information content (AvgIpc) is 2.57. The van der Waals surface area contributed by atoms with Crippen molar-refractivity contribution in [2.45, 2.75) is 111 Å². The molecule has 0 aliphatic rings. The minimum atomic E-state index is -0.255. The average molecular weight is 391 g/mol. The van der Waals surface area contributed by atoms with Crippen LogP contribution in [0.25, 0.3) is 0 Å². The molecule has 1 aromatic carbocycles. The van der Waals surface area contributed by atoms with Gasteiger partial charge in [0, 0.05) is 5.56 Å². The fraction of sp³-hybridized carbons (Fsp3) is 0.720. The molecule has 0 radical (unpaired) electrons. The Morgan fingerprint density at radius 1 is 0.964 bits per heavy atom. The van der Waals surface area contributed by atoms with Gasteiger partial charge in [0.1, 0.15) is 0 Å². The summed E-state index contributed by atoms with van der Waals surface area (Å²) in [7, 11) is 0. The Kier molecular flexibility index (Phi) is 9.04. The van der Waals surface area contributed by atoms with Crippen LogP contribution in [0.2, 0.25) is 0 Å². The molecule has 0 amide bonds. The van der Waals surface area contributed by atoms with Gasteiger partial charge in [-0.3, -0.25) is 4.79 Å². The largest absolute Gasteiger partial charge is 0.504 e. The van der Waals surface area contributed by atoms with E-state index in [4.69, 9.17) is 4.74 Å².